The second kappa shape index (κ2) is 4.47. The quantitative estimate of drug-likeness (QED) is 0.806. The lowest BCUT2D eigenvalue weighted by Crippen LogP contribution is -2.32. The van der Waals surface area contributed by atoms with E-state index in [-0.39, 0.29) is 6.54 Å². The lowest BCUT2D eigenvalue weighted by molar-refractivity contribution is -0.135. The van der Waals surface area contributed by atoms with E-state index in [4.69, 9.17) is 5.11 Å². The summed E-state index contributed by atoms with van der Waals surface area (Å²) in [4.78, 5) is 12.6. The molecule has 0 amide bonds. The molecule has 1 fully saturated rings. The maximum absolute atomic E-state index is 10.7. The Morgan fingerprint density at radius 1 is 1.50 bits per heavy atom. The van der Waals surface area contributed by atoms with Gasteiger partial charge in [0.2, 0.25) is 0 Å². The summed E-state index contributed by atoms with van der Waals surface area (Å²) >= 11 is 0. The fourth-order valence-electron chi connectivity index (χ4n) is 1.62. The van der Waals surface area contributed by atoms with Crippen molar-refractivity contribution in [1.29, 1.82) is 0 Å². The molecular weight excluding hydrogens is 206 g/mol. The van der Waals surface area contributed by atoms with E-state index >= 15 is 0 Å². The third-order valence-corrected chi connectivity index (χ3v) is 2.66. The first-order valence-electron chi connectivity index (χ1n) is 5.51. The number of hydrogen-bond donors (Lipinski definition) is 1. The number of nitrogens with zero attached hydrogens (tertiary/aromatic N) is 3. The van der Waals surface area contributed by atoms with Crippen molar-refractivity contribution >= 4 is 11.8 Å². The first-order valence-corrected chi connectivity index (χ1v) is 5.51. The van der Waals surface area contributed by atoms with Crippen molar-refractivity contribution in [1.82, 2.24) is 10.2 Å². The van der Waals surface area contributed by atoms with E-state index in [2.05, 4.69) is 10.2 Å². The van der Waals surface area contributed by atoms with Gasteiger partial charge in [-0.1, -0.05) is 6.92 Å². The molecule has 2 rings (SSSR count). The number of rotatable bonds is 5. The molecule has 0 radical (unpaired) electrons. The Bertz CT molecular complexity index is 373. The van der Waals surface area contributed by atoms with Gasteiger partial charge in [-0.05, 0) is 31.4 Å². The Hall–Kier alpha value is -1.65. The Labute approximate surface area is 94.1 Å². The third-order valence-electron chi connectivity index (χ3n) is 2.66. The van der Waals surface area contributed by atoms with Crippen molar-refractivity contribution < 1.29 is 9.90 Å². The molecule has 1 heterocycles. The summed E-state index contributed by atoms with van der Waals surface area (Å²) in [6, 6.07) is 4.09. The third kappa shape index (κ3) is 2.48. The Morgan fingerprint density at radius 3 is 2.69 bits per heavy atom. The van der Waals surface area contributed by atoms with Crippen LogP contribution in [0.3, 0.4) is 0 Å². The maximum Gasteiger partial charge on any atom is 0.323 e. The van der Waals surface area contributed by atoms with Crippen molar-refractivity contribution in [3.05, 3.63) is 17.8 Å². The van der Waals surface area contributed by atoms with Gasteiger partial charge < -0.3 is 10.0 Å². The summed E-state index contributed by atoms with van der Waals surface area (Å²) < 4.78 is 0. The van der Waals surface area contributed by atoms with Crippen molar-refractivity contribution in [3.63, 3.8) is 0 Å². The molecule has 5 heteroatoms. The number of hydrogen-bond acceptors (Lipinski definition) is 4. The van der Waals surface area contributed by atoms with Crippen LogP contribution in [-0.2, 0) is 11.2 Å². The molecule has 0 spiro atoms. The molecule has 0 saturated heterocycles. The number of anilines is 1. The zero-order chi connectivity index (χ0) is 11.5. The fourth-order valence-corrected chi connectivity index (χ4v) is 1.62. The summed E-state index contributed by atoms with van der Waals surface area (Å²) in [5.41, 5.74) is 0.926. The summed E-state index contributed by atoms with van der Waals surface area (Å²) in [6.45, 7) is 2.02. The van der Waals surface area contributed by atoms with E-state index in [1.165, 1.54) is 0 Å². The predicted molar refractivity (Wildman–Crippen MR) is 59.4 cm³/mol. The molecule has 0 aliphatic heterocycles. The van der Waals surface area contributed by atoms with Gasteiger partial charge in [0.15, 0.2) is 5.82 Å². The molecule has 1 aromatic heterocycles. The van der Waals surface area contributed by atoms with Gasteiger partial charge in [-0.25, -0.2) is 0 Å². The molecule has 1 aliphatic rings. The minimum atomic E-state index is -0.826. The molecule has 0 unspecified atom stereocenters. The normalized spacial score (nSPS) is 14.8. The number of carbonyl (C=O) groups is 1. The lowest BCUT2D eigenvalue weighted by atomic mass is 10.3. The van der Waals surface area contributed by atoms with E-state index in [0.29, 0.717) is 11.9 Å². The van der Waals surface area contributed by atoms with Crippen LogP contribution in [0.15, 0.2) is 12.1 Å². The average molecular weight is 221 g/mol. The lowest BCUT2D eigenvalue weighted by Gasteiger charge is -2.20. The largest absolute Gasteiger partial charge is 0.480 e. The van der Waals surface area contributed by atoms with Crippen molar-refractivity contribution in [2.75, 3.05) is 11.4 Å². The second-order valence-corrected chi connectivity index (χ2v) is 3.99. The van der Waals surface area contributed by atoms with Crippen LogP contribution in [0, 0.1) is 0 Å². The second-order valence-electron chi connectivity index (χ2n) is 3.99. The van der Waals surface area contributed by atoms with Gasteiger partial charge in [0.1, 0.15) is 6.54 Å². The first kappa shape index (κ1) is 10.9. The molecule has 0 atom stereocenters. The number of aryl methyl sites for hydroxylation is 1. The van der Waals surface area contributed by atoms with Gasteiger partial charge in [-0.15, -0.1) is 5.10 Å². The molecule has 86 valence electrons. The van der Waals surface area contributed by atoms with Crippen LogP contribution in [0.5, 0.6) is 0 Å². The van der Waals surface area contributed by atoms with Gasteiger partial charge in [0.25, 0.3) is 0 Å². The number of carboxylic acid groups (broad SMARTS) is 1. The highest BCUT2D eigenvalue weighted by Crippen LogP contribution is 2.29. The smallest absolute Gasteiger partial charge is 0.323 e. The molecule has 1 saturated carbocycles. The molecular formula is C11H15N3O2. The van der Waals surface area contributed by atoms with E-state index in [1.54, 1.807) is 0 Å². The number of carboxylic acids is 1. The van der Waals surface area contributed by atoms with Crippen molar-refractivity contribution in [2.45, 2.75) is 32.2 Å². The minimum Gasteiger partial charge on any atom is -0.480 e. The van der Waals surface area contributed by atoms with Gasteiger partial charge in [0.05, 0.1) is 5.69 Å². The van der Waals surface area contributed by atoms with Crippen molar-refractivity contribution in [2.24, 2.45) is 0 Å². The fraction of sp³-hybridized carbons (Fsp3) is 0.545. The molecule has 5 nitrogen and oxygen atoms in total. The van der Waals surface area contributed by atoms with Crippen LogP contribution in [0.25, 0.3) is 0 Å². The Morgan fingerprint density at radius 2 is 2.25 bits per heavy atom. The Kier molecular flexibility index (Phi) is 3.03. The van der Waals surface area contributed by atoms with Crippen molar-refractivity contribution in [3.8, 4) is 0 Å². The van der Waals surface area contributed by atoms with Crippen LogP contribution < -0.4 is 4.90 Å². The number of aromatic nitrogens is 2. The predicted octanol–water partition coefficient (Wildman–Crippen LogP) is 1.09. The van der Waals surface area contributed by atoms with Crippen LogP contribution in [0.2, 0.25) is 0 Å². The molecule has 16 heavy (non-hydrogen) atoms. The summed E-state index contributed by atoms with van der Waals surface area (Å²) in [7, 11) is 0. The topological polar surface area (TPSA) is 66.3 Å². The zero-order valence-corrected chi connectivity index (χ0v) is 9.26. The standard InChI is InChI=1S/C11H15N3O2/c1-2-8-3-6-10(13-12-8)14(7-11(15)16)9-4-5-9/h3,6,9H,2,4-5,7H2,1H3,(H,15,16). The van der Waals surface area contributed by atoms with Gasteiger partial charge in [-0.3, -0.25) is 4.79 Å². The first-order chi connectivity index (χ1) is 7.70. The van der Waals surface area contributed by atoms with E-state index in [1.807, 2.05) is 24.0 Å². The highest BCUT2D eigenvalue weighted by Gasteiger charge is 2.31. The Balaban J connectivity index is 2.14. The maximum atomic E-state index is 10.7. The monoisotopic (exact) mass is 221 g/mol. The van der Waals surface area contributed by atoms with E-state index in [0.717, 1.165) is 25.0 Å². The zero-order valence-electron chi connectivity index (χ0n) is 9.26. The highest BCUT2D eigenvalue weighted by molar-refractivity contribution is 5.73. The summed E-state index contributed by atoms with van der Waals surface area (Å²) in [6.07, 6.45) is 2.94. The molecule has 1 aliphatic carbocycles. The SMILES string of the molecule is CCc1ccc(N(CC(=O)O)C2CC2)nn1. The summed E-state index contributed by atoms with van der Waals surface area (Å²) in [5.74, 6) is -0.157. The van der Waals surface area contributed by atoms with Crippen LogP contribution in [0.4, 0.5) is 5.82 Å². The van der Waals surface area contributed by atoms with E-state index in [9.17, 15) is 4.79 Å². The van der Waals surface area contributed by atoms with Gasteiger partial charge >= 0.3 is 5.97 Å². The molecule has 0 bridgehead atoms. The average Bonchev–Trinajstić information content (AvgIpc) is 3.10. The molecule has 1 aromatic rings. The van der Waals surface area contributed by atoms with Crippen LogP contribution in [0.1, 0.15) is 25.5 Å². The molecule has 0 aromatic carbocycles. The van der Waals surface area contributed by atoms with Gasteiger partial charge in [-0.2, -0.15) is 5.10 Å². The minimum absolute atomic E-state index is 0.00478. The number of aliphatic carboxylic acids is 1. The van der Waals surface area contributed by atoms with E-state index < -0.39 is 5.97 Å². The molecule has 1 N–H and O–H groups in total. The summed E-state index contributed by atoms with van der Waals surface area (Å²) in [5, 5.41) is 17.0. The van der Waals surface area contributed by atoms with Gasteiger partial charge in [0, 0.05) is 6.04 Å². The van der Waals surface area contributed by atoms with Crippen LogP contribution in [-0.4, -0.2) is 33.9 Å². The van der Waals surface area contributed by atoms with Crippen LogP contribution >= 0.6 is 0 Å². The highest BCUT2D eigenvalue weighted by atomic mass is 16.4.